The van der Waals surface area contributed by atoms with E-state index < -0.39 is 16.6 Å². The molecule has 0 unspecified atom stereocenters. The summed E-state index contributed by atoms with van der Waals surface area (Å²) in [6.45, 7) is 28.9. The van der Waals surface area contributed by atoms with E-state index in [1.54, 1.807) is 0 Å². The zero-order valence-corrected chi connectivity index (χ0v) is 19.8. The van der Waals surface area contributed by atoms with Crippen molar-refractivity contribution in [1.82, 2.24) is 0 Å². The minimum Gasteiger partial charge on any atom is -0.409 e. The van der Waals surface area contributed by atoms with Gasteiger partial charge in [0.1, 0.15) is 12.2 Å². The van der Waals surface area contributed by atoms with Gasteiger partial charge in [0.2, 0.25) is 0 Å². The molecular weight excluding hydrogens is 332 g/mol. The Hall–Kier alpha value is 0.0538. The van der Waals surface area contributed by atoms with Crippen molar-refractivity contribution in [3.63, 3.8) is 0 Å². The number of hydrogen-bond donors (Lipinski definition) is 0. The number of rotatable bonds is 5. The fourth-order valence-electron chi connectivity index (χ4n) is 2.38. The second-order valence-electron chi connectivity index (χ2n) is 10.2. The van der Waals surface area contributed by atoms with Crippen LogP contribution in [-0.2, 0) is 13.6 Å². The van der Waals surface area contributed by atoms with E-state index in [0.717, 1.165) is 0 Å². The molecular formula is C19H40O3Si2. The van der Waals surface area contributed by atoms with Gasteiger partial charge in [-0.1, -0.05) is 47.6 Å². The van der Waals surface area contributed by atoms with Gasteiger partial charge in [-0.3, -0.25) is 0 Å². The molecule has 1 rings (SSSR count). The van der Waals surface area contributed by atoms with E-state index >= 15 is 0 Å². The van der Waals surface area contributed by atoms with Crippen LogP contribution in [-0.4, -0.2) is 41.1 Å². The van der Waals surface area contributed by atoms with Gasteiger partial charge in [0.05, 0.1) is 12.2 Å². The van der Waals surface area contributed by atoms with E-state index in [0.29, 0.717) is 0 Å². The van der Waals surface area contributed by atoms with Crippen molar-refractivity contribution in [2.45, 2.75) is 109 Å². The lowest BCUT2D eigenvalue weighted by Crippen LogP contribution is -2.53. The molecule has 0 aromatic carbocycles. The molecule has 1 aliphatic rings. The molecule has 0 aliphatic carbocycles. The van der Waals surface area contributed by atoms with Crippen molar-refractivity contribution < 1.29 is 13.6 Å². The van der Waals surface area contributed by atoms with Crippen molar-refractivity contribution in [3.05, 3.63) is 12.7 Å². The van der Waals surface area contributed by atoms with Gasteiger partial charge in [-0.2, -0.15) is 0 Å². The molecule has 1 fully saturated rings. The molecule has 0 bridgehead atoms. The first-order valence-corrected chi connectivity index (χ1v) is 15.0. The molecule has 0 radical (unpaired) electrons. The molecule has 5 heteroatoms. The van der Waals surface area contributed by atoms with Crippen LogP contribution in [0.25, 0.3) is 0 Å². The van der Waals surface area contributed by atoms with Crippen LogP contribution in [0.15, 0.2) is 12.7 Å². The minimum absolute atomic E-state index is 0.0249. The Morgan fingerprint density at radius 2 is 1.21 bits per heavy atom. The zero-order valence-electron chi connectivity index (χ0n) is 17.8. The van der Waals surface area contributed by atoms with Crippen LogP contribution in [0.1, 0.15) is 48.5 Å². The molecule has 0 spiro atoms. The fourth-order valence-corrected chi connectivity index (χ4v) is 5.04. The Bertz CT molecular complexity index is 447. The maximum atomic E-state index is 6.75. The lowest BCUT2D eigenvalue weighted by Gasteiger charge is -2.43. The van der Waals surface area contributed by atoms with Gasteiger partial charge in [0.15, 0.2) is 16.6 Å². The molecule has 1 heterocycles. The Kier molecular flexibility index (Phi) is 6.43. The molecule has 0 aromatic rings. The van der Waals surface area contributed by atoms with Crippen molar-refractivity contribution in [1.29, 1.82) is 0 Å². The van der Waals surface area contributed by atoms with Crippen LogP contribution >= 0.6 is 0 Å². The van der Waals surface area contributed by atoms with E-state index in [9.17, 15) is 0 Å². The van der Waals surface area contributed by atoms with Crippen LogP contribution in [0.4, 0.5) is 0 Å². The Morgan fingerprint density at radius 1 is 0.833 bits per heavy atom. The first-order valence-electron chi connectivity index (χ1n) is 9.17. The summed E-state index contributed by atoms with van der Waals surface area (Å²) >= 11 is 0. The maximum absolute atomic E-state index is 6.75. The number of hydrogen-bond acceptors (Lipinski definition) is 3. The number of ether oxygens (including phenoxy) is 1. The largest absolute Gasteiger partial charge is 0.409 e. The van der Waals surface area contributed by atoms with Gasteiger partial charge in [-0.05, 0) is 43.2 Å². The predicted octanol–water partition coefficient (Wildman–Crippen LogP) is 5.74. The van der Waals surface area contributed by atoms with Crippen LogP contribution in [0, 0.1) is 0 Å². The van der Waals surface area contributed by atoms with Crippen LogP contribution in [0.3, 0.4) is 0 Å². The third kappa shape index (κ3) is 4.61. The minimum atomic E-state index is -1.91. The summed E-state index contributed by atoms with van der Waals surface area (Å²) in [6.07, 6.45) is 1.72. The summed E-state index contributed by atoms with van der Waals surface area (Å²) in [4.78, 5) is 0. The average Bonchev–Trinajstić information content (AvgIpc) is 2.63. The van der Waals surface area contributed by atoms with Crippen LogP contribution < -0.4 is 0 Å². The molecule has 142 valence electrons. The monoisotopic (exact) mass is 372 g/mol. The maximum Gasteiger partial charge on any atom is 0.192 e. The van der Waals surface area contributed by atoms with Gasteiger partial charge in [-0.15, -0.1) is 6.58 Å². The zero-order chi connectivity index (χ0) is 19.1. The van der Waals surface area contributed by atoms with E-state index in [4.69, 9.17) is 13.6 Å². The fraction of sp³-hybridized carbons (Fsp3) is 0.895. The normalized spacial score (nSPS) is 29.8. The molecule has 24 heavy (non-hydrogen) atoms. The third-order valence-electron chi connectivity index (χ3n) is 6.19. The Labute approximate surface area is 152 Å². The summed E-state index contributed by atoms with van der Waals surface area (Å²) in [5.41, 5.74) is 0. The second kappa shape index (κ2) is 6.99. The summed E-state index contributed by atoms with van der Waals surface area (Å²) in [7, 11) is -3.81. The molecule has 0 amide bonds. The Morgan fingerprint density at radius 3 is 1.54 bits per heavy atom. The third-order valence-corrected chi connectivity index (χ3v) is 15.1. The van der Waals surface area contributed by atoms with Crippen LogP contribution in [0.2, 0.25) is 36.3 Å². The highest BCUT2D eigenvalue weighted by Crippen LogP contribution is 2.43. The highest BCUT2D eigenvalue weighted by Gasteiger charge is 2.51. The quantitative estimate of drug-likeness (QED) is 0.455. The molecule has 0 N–H and O–H groups in total. The van der Waals surface area contributed by atoms with Crippen LogP contribution in [0.5, 0.6) is 0 Å². The average molecular weight is 373 g/mol. The first-order chi connectivity index (χ1) is 10.5. The molecule has 4 atom stereocenters. The van der Waals surface area contributed by atoms with E-state index in [1.165, 1.54) is 0 Å². The van der Waals surface area contributed by atoms with Gasteiger partial charge >= 0.3 is 0 Å². The first kappa shape index (κ1) is 22.1. The van der Waals surface area contributed by atoms with Gasteiger partial charge in [0, 0.05) is 0 Å². The van der Waals surface area contributed by atoms with Crippen molar-refractivity contribution in [2.75, 3.05) is 0 Å². The second-order valence-corrected chi connectivity index (χ2v) is 19.7. The summed E-state index contributed by atoms with van der Waals surface area (Å²) in [5.74, 6) is 0. The van der Waals surface area contributed by atoms with Crippen molar-refractivity contribution in [3.8, 4) is 0 Å². The van der Waals surface area contributed by atoms with E-state index in [1.807, 2.05) is 6.08 Å². The van der Waals surface area contributed by atoms with E-state index in [-0.39, 0.29) is 34.5 Å². The predicted molar refractivity (Wildman–Crippen MR) is 109 cm³/mol. The molecule has 0 saturated carbocycles. The topological polar surface area (TPSA) is 27.7 Å². The van der Waals surface area contributed by atoms with E-state index in [2.05, 4.69) is 81.2 Å². The standard InChI is InChI=1S/C19H40O3Si2/c1-13-15-17(22-24(11,12)19(6,7)8)16(14(2)20-15)21-23(9,10)18(3,4)5/h13-17H,1H2,2-12H3/t14-,15+,16-,17-/m1/s1. The molecule has 3 nitrogen and oxygen atoms in total. The molecule has 1 saturated heterocycles. The van der Waals surface area contributed by atoms with Crippen molar-refractivity contribution >= 4 is 16.6 Å². The molecule has 1 aliphatic heterocycles. The highest BCUT2D eigenvalue weighted by atomic mass is 28.4. The van der Waals surface area contributed by atoms with Gasteiger partial charge < -0.3 is 13.6 Å². The van der Waals surface area contributed by atoms with Gasteiger partial charge in [0.25, 0.3) is 0 Å². The Balaban J connectivity index is 3.10. The van der Waals surface area contributed by atoms with Crippen molar-refractivity contribution in [2.24, 2.45) is 0 Å². The summed E-state index contributed by atoms with van der Waals surface area (Å²) in [5, 5.41) is 0.326. The smallest absolute Gasteiger partial charge is 0.192 e. The highest BCUT2D eigenvalue weighted by molar-refractivity contribution is 6.74. The molecule has 0 aromatic heterocycles. The van der Waals surface area contributed by atoms with Gasteiger partial charge in [-0.25, -0.2) is 0 Å². The lowest BCUT2D eigenvalue weighted by atomic mass is 10.1. The lowest BCUT2D eigenvalue weighted by molar-refractivity contribution is 0.0405. The summed E-state index contributed by atoms with van der Waals surface area (Å²) in [6, 6.07) is 0. The summed E-state index contributed by atoms with van der Waals surface area (Å²) < 4.78 is 19.6. The SMILES string of the molecule is C=C[C@@H]1O[C@H](C)[C@@H](O[Si](C)(C)C(C)(C)C)[C@@H]1O[Si](C)(C)C(C)(C)C.